The predicted molar refractivity (Wildman–Crippen MR) is 136 cm³/mol. The van der Waals surface area contributed by atoms with E-state index in [4.69, 9.17) is 5.11 Å². The van der Waals surface area contributed by atoms with Gasteiger partial charge < -0.3 is 22.0 Å². The molecule has 0 aliphatic carbocycles. The summed E-state index contributed by atoms with van der Waals surface area (Å²) in [7, 11) is 4.60. The Balaban J connectivity index is 0. The van der Waals surface area contributed by atoms with Gasteiger partial charge in [-0.15, -0.1) is 0 Å². The van der Waals surface area contributed by atoms with Crippen LogP contribution in [0.1, 0.15) is 148 Å². The molecule has 0 aromatic heterocycles. The summed E-state index contributed by atoms with van der Waals surface area (Å²) in [5.74, 6) is 0. The summed E-state index contributed by atoms with van der Waals surface area (Å²) in [6, 6.07) is 0. The number of nitrogens with zero attached hydrogens (tertiary/aromatic N) is 1. The Morgan fingerprint density at radius 1 is 0.419 bits per heavy atom. The van der Waals surface area contributed by atoms with Crippen molar-refractivity contribution in [3.05, 3.63) is 0 Å². The second-order valence-corrected chi connectivity index (χ2v) is 10.5. The van der Waals surface area contributed by atoms with Crippen LogP contribution in [0, 0.1) is 0 Å². The molecule has 0 bridgehead atoms. The molecule has 1 N–H and O–H groups in total. The van der Waals surface area contributed by atoms with Gasteiger partial charge in [0.2, 0.25) is 0 Å². The first-order valence-electron chi connectivity index (χ1n) is 14.1. The van der Waals surface area contributed by atoms with Gasteiger partial charge in [-0.05, 0) is 12.8 Å². The third kappa shape index (κ3) is 28.2. The number of aliphatic hydroxyl groups excluding tert-OH is 1. The van der Waals surface area contributed by atoms with Crippen LogP contribution in [0.2, 0.25) is 0 Å². The fourth-order valence-corrected chi connectivity index (χ4v) is 4.58. The van der Waals surface area contributed by atoms with Gasteiger partial charge in [0.05, 0.1) is 27.2 Å². The van der Waals surface area contributed by atoms with Crippen molar-refractivity contribution in [1.82, 2.24) is 0 Å². The molecule has 0 amide bonds. The van der Waals surface area contributed by atoms with Gasteiger partial charge in [0.25, 0.3) is 0 Å². The highest BCUT2D eigenvalue weighted by atomic mass is 35.5. The predicted octanol–water partition coefficient (Wildman–Crippen LogP) is 5.66. The van der Waals surface area contributed by atoms with Crippen LogP contribution < -0.4 is 12.4 Å². The Kier molecular flexibility index (Phi) is 28.5. The van der Waals surface area contributed by atoms with Crippen LogP contribution in [0.15, 0.2) is 0 Å². The number of hydrogen-bond acceptors (Lipinski definition) is 1. The number of hydrogen-bond donors (Lipinski definition) is 1. The Hall–Kier alpha value is 0.210. The van der Waals surface area contributed by atoms with Crippen LogP contribution in [0.5, 0.6) is 0 Å². The van der Waals surface area contributed by atoms with Gasteiger partial charge in [0, 0.05) is 13.0 Å². The minimum Gasteiger partial charge on any atom is -1.00 e. The van der Waals surface area contributed by atoms with Crippen molar-refractivity contribution in [3.63, 3.8) is 0 Å². The summed E-state index contributed by atoms with van der Waals surface area (Å²) < 4.78 is 1.07. The lowest BCUT2D eigenvalue weighted by atomic mass is 10.0. The molecule has 0 fully saturated rings. The van der Waals surface area contributed by atoms with Gasteiger partial charge >= 0.3 is 0 Å². The van der Waals surface area contributed by atoms with E-state index in [-0.39, 0.29) is 12.4 Å². The third-order valence-electron chi connectivity index (χ3n) is 6.79. The second-order valence-electron chi connectivity index (χ2n) is 10.5. The monoisotopic (exact) mass is 461 g/mol. The molecule has 0 heterocycles. The maximum absolute atomic E-state index is 8.97. The summed E-state index contributed by atoms with van der Waals surface area (Å²) in [5.41, 5.74) is 0. The number of aliphatic hydroxyl groups is 1. The van der Waals surface area contributed by atoms with Crippen LogP contribution in [-0.4, -0.2) is 43.4 Å². The summed E-state index contributed by atoms with van der Waals surface area (Å²) in [6.07, 6.45) is 31.4. The van der Waals surface area contributed by atoms with Crippen molar-refractivity contribution in [1.29, 1.82) is 0 Å². The molecule has 0 atom stereocenters. The Morgan fingerprint density at radius 3 is 0.968 bits per heavy atom. The maximum Gasteiger partial charge on any atom is 0.0804 e. The first kappa shape index (κ1) is 33.4. The lowest BCUT2D eigenvalue weighted by Crippen LogP contribution is -3.00. The van der Waals surface area contributed by atoms with Gasteiger partial charge in [-0.1, -0.05) is 129 Å². The molecule has 0 aliphatic heterocycles. The average molecular weight is 462 g/mol. The summed E-state index contributed by atoms with van der Waals surface area (Å²) in [6.45, 7) is 5.00. The highest BCUT2D eigenvalue weighted by Crippen LogP contribution is 2.15. The first-order valence-corrected chi connectivity index (χ1v) is 14.1. The standard InChI is InChI=1S/C28H60NO.ClH/c1-4-5-6-7-8-9-10-11-12-13-14-15-16-17-18-19-20-21-22-23-24-26-29(2,3)27-25-28-30;/h30H,4-28H2,1-3H3;1H/q+1;/p-1. The van der Waals surface area contributed by atoms with Gasteiger partial charge in [-0.25, -0.2) is 0 Å². The van der Waals surface area contributed by atoms with Crippen molar-refractivity contribution in [2.75, 3.05) is 33.8 Å². The van der Waals surface area contributed by atoms with E-state index in [1.54, 1.807) is 0 Å². The smallest absolute Gasteiger partial charge is 0.0804 e. The minimum atomic E-state index is 0. The Labute approximate surface area is 204 Å². The van der Waals surface area contributed by atoms with Crippen molar-refractivity contribution in [3.8, 4) is 0 Å². The molecule has 3 heteroatoms. The number of rotatable bonds is 25. The number of quaternary nitrogens is 1. The second kappa shape index (κ2) is 26.5. The summed E-state index contributed by atoms with van der Waals surface area (Å²) in [5, 5.41) is 8.97. The average Bonchev–Trinajstić information content (AvgIpc) is 2.73. The lowest BCUT2D eigenvalue weighted by molar-refractivity contribution is -0.890. The lowest BCUT2D eigenvalue weighted by Gasteiger charge is -2.29. The quantitative estimate of drug-likeness (QED) is 0.137. The molecule has 0 saturated carbocycles. The van der Waals surface area contributed by atoms with Crippen molar-refractivity contribution < 1.29 is 22.0 Å². The third-order valence-corrected chi connectivity index (χ3v) is 6.79. The molecule has 0 spiro atoms. The molecule has 0 rings (SSSR count). The fourth-order valence-electron chi connectivity index (χ4n) is 4.58. The van der Waals surface area contributed by atoms with Crippen molar-refractivity contribution >= 4 is 0 Å². The fraction of sp³-hybridized carbons (Fsp3) is 1.00. The van der Waals surface area contributed by atoms with E-state index >= 15 is 0 Å². The molecule has 0 aliphatic rings. The zero-order chi connectivity index (χ0) is 22.2. The molecule has 0 aromatic carbocycles. The van der Waals surface area contributed by atoms with E-state index in [9.17, 15) is 0 Å². The molecule has 190 valence electrons. The van der Waals surface area contributed by atoms with Crippen LogP contribution in [0.4, 0.5) is 0 Å². The SMILES string of the molecule is CCCCCCCCCCCCCCCCCCCCCCC[N+](C)(C)CCCO.[Cl-]. The van der Waals surface area contributed by atoms with Gasteiger partial charge in [0.1, 0.15) is 0 Å². The molecular weight excluding hydrogens is 402 g/mol. The van der Waals surface area contributed by atoms with E-state index in [0.717, 1.165) is 17.4 Å². The van der Waals surface area contributed by atoms with Crippen molar-refractivity contribution in [2.24, 2.45) is 0 Å². The van der Waals surface area contributed by atoms with Gasteiger partial charge in [0.15, 0.2) is 0 Å². The van der Waals surface area contributed by atoms with Crippen LogP contribution >= 0.6 is 0 Å². The maximum atomic E-state index is 8.97. The van der Waals surface area contributed by atoms with Gasteiger partial charge in [-0.2, -0.15) is 0 Å². The Morgan fingerprint density at radius 2 is 0.677 bits per heavy atom. The highest BCUT2D eigenvalue weighted by Gasteiger charge is 2.13. The summed E-state index contributed by atoms with van der Waals surface area (Å²) in [4.78, 5) is 0. The zero-order valence-electron chi connectivity index (χ0n) is 22.0. The minimum absolute atomic E-state index is 0. The molecule has 0 unspecified atom stereocenters. The number of unbranched alkanes of at least 4 members (excludes halogenated alkanes) is 20. The van der Waals surface area contributed by atoms with Crippen LogP contribution in [-0.2, 0) is 0 Å². The molecular formula is C28H60ClNO. The molecule has 0 saturated heterocycles. The molecule has 0 radical (unpaired) electrons. The van der Waals surface area contributed by atoms with Crippen LogP contribution in [0.3, 0.4) is 0 Å². The zero-order valence-corrected chi connectivity index (χ0v) is 22.7. The van der Waals surface area contributed by atoms with E-state index in [2.05, 4.69) is 21.0 Å². The molecule has 31 heavy (non-hydrogen) atoms. The highest BCUT2D eigenvalue weighted by molar-refractivity contribution is 4.51. The molecule has 0 aromatic rings. The largest absolute Gasteiger partial charge is 1.00 e. The van der Waals surface area contributed by atoms with E-state index in [1.165, 1.54) is 141 Å². The normalized spacial score (nSPS) is 11.6. The van der Waals surface area contributed by atoms with Crippen LogP contribution in [0.25, 0.3) is 0 Å². The van der Waals surface area contributed by atoms with E-state index in [0.29, 0.717) is 6.61 Å². The topological polar surface area (TPSA) is 20.2 Å². The summed E-state index contributed by atoms with van der Waals surface area (Å²) >= 11 is 0. The molecule has 2 nitrogen and oxygen atoms in total. The van der Waals surface area contributed by atoms with E-state index in [1.807, 2.05) is 0 Å². The first-order chi connectivity index (χ1) is 14.6. The van der Waals surface area contributed by atoms with Crippen molar-refractivity contribution in [2.45, 2.75) is 148 Å². The van der Waals surface area contributed by atoms with Gasteiger partial charge in [-0.3, -0.25) is 0 Å². The van der Waals surface area contributed by atoms with E-state index < -0.39 is 0 Å². The Bertz CT molecular complexity index is 322. The number of halogens is 1.